The third-order valence-electron chi connectivity index (χ3n) is 3.58. The Morgan fingerprint density at radius 2 is 1.91 bits per heavy atom. The van der Waals surface area contributed by atoms with Crippen molar-refractivity contribution in [3.8, 4) is 5.82 Å². The van der Waals surface area contributed by atoms with Crippen molar-refractivity contribution in [1.29, 1.82) is 0 Å². The van der Waals surface area contributed by atoms with E-state index in [1.54, 1.807) is 30.7 Å². The maximum absolute atomic E-state index is 11.7. The third-order valence-corrected chi connectivity index (χ3v) is 5.73. The molecule has 0 spiro atoms. The lowest BCUT2D eigenvalue weighted by Gasteiger charge is -2.22. The summed E-state index contributed by atoms with van der Waals surface area (Å²) in [5.41, 5.74) is 1.89. The lowest BCUT2D eigenvalue weighted by atomic mass is 10.2. The largest absolute Gasteiger partial charge is 0.367 e. The minimum absolute atomic E-state index is 0.264. The Balaban J connectivity index is 2.12. The van der Waals surface area contributed by atoms with Gasteiger partial charge in [-0.25, -0.2) is 13.1 Å². The van der Waals surface area contributed by atoms with Crippen molar-refractivity contribution in [2.45, 2.75) is 32.4 Å². The molecular formula is C14H21N5O2S. The van der Waals surface area contributed by atoms with E-state index in [0.29, 0.717) is 11.6 Å². The van der Waals surface area contributed by atoms with Crippen molar-refractivity contribution in [1.82, 2.24) is 20.0 Å². The molecule has 2 heterocycles. The first-order chi connectivity index (χ1) is 10.1. The predicted molar refractivity (Wildman–Crippen MR) is 86.0 cm³/mol. The van der Waals surface area contributed by atoms with Crippen molar-refractivity contribution < 1.29 is 8.42 Å². The molecular weight excluding hydrogens is 302 g/mol. The van der Waals surface area contributed by atoms with Gasteiger partial charge in [0, 0.05) is 18.5 Å². The van der Waals surface area contributed by atoms with E-state index in [2.05, 4.69) is 20.6 Å². The molecule has 2 aromatic rings. The number of nitrogens with one attached hydrogen (secondary N) is 1. The molecule has 8 heteroatoms. The maximum Gasteiger partial charge on any atom is 0.176 e. The van der Waals surface area contributed by atoms with E-state index in [1.165, 1.54) is 6.26 Å². The van der Waals surface area contributed by atoms with Crippen LogP contribution in [0, 0.1) is 13.8 Å². The first-order valence-corrected chi connectivity index (χ1v) is 8.80. The van der Waals surface area contributed by atoms with Crippen molar-refractivity contribution >= 4 is 15.7 Å². The number of hydrogen-bond donors (Lipinski definition) is 1. The second-order valence-corrected chi connectivity index (χ2v) is 8.65. The number of nitrogens with zero attached hydrogens (tertiary/aromatic N) is 4. The maximum atomic E-state index is 11.7. The first kappa shape index (κ1) is 16.4. The smallest absolute Gasteiger partial charge is 0.176 e. The number of aryl methyl sites for hydroxylation is 2. The van der Waals surface area contributed by atoms with E-state index in [9.17, 15) is 8.42 Å². The van der Waals surface area contributed by atoms with Crippen LogP contribution in [0.1, 0.15) is 25.2 Å². The van der Waals surface area contributed by atoms with Crippen LogP contribution in [-0.2, 0) is 9.84 Å². The number of anilines is 1. The van der Waals surface area contributed by atoms with Gasteiger partial charge in [-0.05, 0) is 45.9 Å². The number of sulfone groups is 1. The van der Waals surface area contributed by atoms with Gasteiger partial charge >= 0.3 is 0 Å². The van der Waals surface area contributed by atoms with E-state index < -0.39 is 14.6 Å². The van der Waals surface area contributed by atoms with Crippen LogP contribution in [0.25, 0.3) is 5.82 Å². The van der Waals surface area contributed by atoms with Crippen molar-refractivity contribution in [3.05, 3.63) is 29.6 Å². The van der Waals surface area contributed by atoms with Crippen LogP contribution in [0.15, 0.2) is 18.2 Å². The Labute approximate surface area is 130 Å². The second kappa shape index (κ2) is 5.68. The fraction of sp³-hybridized carbons (Fsp3) is 0.500. The summed E-state index contributed by atoms with van der Waals surface area (Å²) >= 11 is 0. The molecule has 0 fully saturated rings. The molecule has 0 atom stereocenters. The highest BCUT2D eigenvalue weighted by Gasteiger charge is 2.29. The second-order valence-electron chi connectivity index (χ2n) is 6.00. The van der Waals surface area contributed by atoms with Crippen LogP contribution < -0.4 is 5.32 Å². The van der Waals surface area contributed by atoms with Gasteiger partial charge in [-0.15, -0.1) is 10.2 Å². The molecule has 22 heavy (non-hydrogen) atoms. The predicted octanol–water partition coefficient (Wildman–Crippen LogP) is 1.51. The van der Waals surface area contributed by atoms with Gasteiger partial charge in [0.1, 0.15) is 5.82 Å². The molecule has 0 unspecified atom stereocenters. The summed E-state index contributed by atoms with van der Waals surface area (Å²) in [6.45, 7) is 7.47. The molecule has 2 aromatic heterocycles. The lowest BCUT2D eigenvalue weighted by molar-refractivity contribution is 0.559. The van der Waals surface area contributed by atoms with Gasteiger partial charge in [-0.1, -0.05) is 0 Å². The van der Waals surface area contributed by atoms with E-state index in [4.69, 9.17) is 0 Å². The minimum atomic E-state index is -3.15. The standard InChI is InChI=1S/C14H21N5O2S/c1-10-8-11(2)19(18-10)13-7-6-12(16-17-13)15-9-14(3,4)22(5,20)21/h6-8H,9H2,1-5H3,(H,15,16). The third kappa shape index (κ3) is 3.44. The van der Waals surface area contributed by atoms with Crippen LogP contribution in [0.3, 0.4) is 0 Å². The van der Waals surface area contributed by atoms with E-state index in [1.807, 2.05) is 19.9 Å². The highest BCUT2D eigenvalue weighted by molar-refractivity contribution is 7.92. The van der Waals surface area contributed by atoms with E-state index in [-0.39, 0.29) is 6.54 Å². The summed E-state index contributed by atoms with van der Waals surface area (Å²) in [5, 5.41) is 15.5. The normalized spacial score (nSPS) is 12.4. The van der Waals surface area contributed by atoms with Crippen LogP contribution in [-0.4, -0.2) is 45.9 Å². The zero-order valence-electron chi connectivity index (χ0n) is 13.5. The van der Waals surface area contributed by atoms with Crippen molar-refractivity contribution in [2.75, 3.05) is 18.1 Å². The Bertz CT molecular complexity index is 763. The summed E-state index contributed by atoms with van der Waals surface area (Å²) in [5.74, 6) is 1.15. The van der Waals surface area contributed by atoms with Gasteiger partial charge in [-0.2, -0.15) is 5.10 Å². The quantitative estimate of drug-likeness (QED) is 0.897. The monoisotopic (exact) mass is 323 g/mol. The molecule has 2 rings (SSSR count). The van der Waals surface area contributed by atoms with Crippen LogP contribution in [0.2, 0.25) is 0 Å². The van der Waals surface area contributed by atoms with Crippen LogP contribution >= 0.6 is 0 Å². The zero-order chi connectivity index (χ0) is 16.5. The van der Waals surface area contributed by atoms with Crippen molar-refractivity contribution in [2.24, 2.45) is 0 Å². The van der Waals surface area contributed by atoms with Gasteiger partial charge in [0.15, 0.2) is 15.7 Å². The van der Waals surface area contributed by atoms with Gasteiger partial charge in [-0.3, -0.25) is 0 Å². The summed E-state index contributed by atoms with van der Waals surface area (Å²) in [6.07, 6.45) is 1.23. The van der Waals surface area contributed by atoms with Gasteiger partial charge in [0.2, 0.25) is 0 Å². The number of hydrogen-bond acceptors (Lipinski definition) is 6. The highest BCUT2D eigenvalue weighted by atomic mass is 32.2. The first-order valence-electron chi connectivity index (χ1n) is 6.91. The van der Waals surface area contributed by atoms with Crippen LogP contribution in [0.5, 0.6) is 0 Å². The molecule has 0 radical (unpaired) electrons. The molecule has 0 aliphatic rings. The van der Waals surface area contributed by atoms with E-state index in [0.717, 1.165) is 11.4 Å². The average Bonchev–Trinajstić information content (AvgIpc) is 2.75. The zero-order valence-corrected chi connectivity index (χ0v) is 14.3. The average molecular weight is 323 g/mol. The fourth-order valence-electron chi connectivity index (χ4n) is 1.83. The molecule has 0 amide bonds. The Morgan fingerprint density at radius 1 is 1.23 bits per heavy atom. The van der Waals surface area contributed by atoms with Gasteiger partial charge in [0.25, 0.3) is 0 Å². The molecule has 0 bridgehead atoms. The topological polar surface area (TPSA) is 89.8 Å². The summed E-state index contributed by atoms with van der Waals surface area (Å²) < 4.78 is 24.2. The molecule has 0 saturated heterocycles. The Kier molecular flexibility index (Phi) is 4.23. The molecule has 1 N–H and O–H groups in total. The fourth-order valence-corrected chi connectivity index (χ4v) is 2.16. The van der Waals surface area contributed by atoms with Gasteiger partial charge in [0.05, 0.1) is 10.4 Å². The summed E-state index contributed by atoms with van der Waals surface area (Å²) in [4.78, 5) is 0. The molecule has 0 aromatic carbocycles. The van der Waals surface area contributed by atoms with Gasteiger partial charge < -0.3 is 5.32 Å². The molecule has 7 nitrogen and oxygen atoms in total. The van der Waals surface area contributed by atoms with Crippen molar-refractivity contribution in [3.63, 3.8) is 0 Å². The Hall–Kier alpha value is -1.96. The minimum Gasteiger partial charge on any atom is -0.367 e. The Morgan fingerprint density at radius 3 is 2.36 bits per heavy atom. The number of rotatable bonds is 5. The molecule has 120 valence electrons. The summed E-state index contributed by atoms with van der Waals surface area (Å²) in [7, 11) is -3.15. The molecule has 0 saturated carbocycles. The molecule has 0 aliphatic heterocycles. The van der Waals surface area contributed by atoms with E-state index >= 15 is 0 Å². The molecule has 0 aliphatic carbocycles. The highest BCUT2D eigenvalue weighted by Crippen LogP contribution is 2.16. The van der Waals surface area contributed by atoms with Crippen LogP contribution in [0.4, 0.5) is 5.82 Å². The number of aromatic nitrogens is 4. The lowest BCUT2D eigenvalue weighted by Crippen LogP contribution is -2.38. The SMILES string of the molecule is Cc1cc(C)n(-c2ccc(NCC(C)(C)S(C)(=O)=O)nn2)n1. The summed E-state index contributed by atoms with van der Waals surface area (Å²) in [6, 6.07) is 5.52.